The molecular weight excluding hydrogens is 378 g/mol. The molecule has 0 fully saturated rings. The van der Waals surface area contributed by atoms with E-state index in [9.17, 15) is 0 Å². The predicted molar refractivity (Wildman–Crippen MR) is 120 cm³/mol. The second kappa shape index (κ2) is 6.39. The molecule has 8 bridgehead atoms. The van der Waals surface area contributed by atoms with Gasteiger partial charge in [-0.1, -0.05) is 0 Å². The Balaban J connectivity index is 1.52. The zero-order valence-corrected chi connectivity index (χ0v) is 16.0. The van der Waals surface area contributed by atoms with E-state index in [2.05, 4.69) is 21.0 Å². The first kappa shape index (κ1) is 16.2. The Labute approximate surface area is 171 Å². The van der Waals surface area contributed by atoms with Gasteiger partial charge in [-0.25, -0.2) is 20.0 Å². The molecule has 5 aliphatic heterocycles. The van der Waals surface area contributed by atoms with Gasteiger partial charge in [-0.3, -0.25) is 4.98 Å². The number of allylic oxidation sites excluding steroid dienone is 12. The van der Waals surface area contributed by atoms with Gasteiger partial charge in [0.2, 0.25) is 0 Å². The maximum atomic E-state index is 4.83. The van der Waals surface area contributed by atoms with Crippen LogP contribution in [-0.4, -0.2) is 27.8 Å². The fraction of sp³-hybridized carbons (Fsp3) is 0. The lowest BCUT2D eigenvalue weighted by atomic mass is 10.1. The van der Waals surface area contributed by atoms with Crippen molar-refractivity contribution in [1.29, 1.82) is 0 Å². The number of thiazole rings is 1. The third-order valence-electron chi connectivity index (χ3n) is 4.74. The number of nitrogens with zero attached hydrogens (tertiary/aromatic N) is 5. The lowest BCUT2D eigenvalue weighted by Crippen LogP contribution is -1.94. The Bertz CT molecular complexity index is 1310. The van der Waals surface area contributed by atoms with E-state index >= 15 is 0 Å². The lowest BCUT2D eigenvalue weighted by molar-refractivity contribution is 1.41. The molecule has 6 rings (SSSR count). The minimum atomic E-state index is 0.864. The van der Waals surface area contributed by atoms with Gasteiger partial charge in [0.1, 0.15) is 0 Å². The van der Waals surface area contributed by atoms with Gasteiger partial charge in [-0.05, 0) is 66.8 Å². The van der Waals surface area contributed by atoms with Crippen molar-refractivity contribution in [3.05, 3.63) is 106 Å². The summed E-state index contributed by atoms with van der Waals surface area (Å²) in [5.41, 5.74) is 9.88. The molecule has 29 heavy (non-hydrogen) atoms. The first-order valence-electron chi connectivity index (χ1n) is 9.15. The van der Waals surface area contributed by atoms with Gasteiger partial charge in [-0.15, -0.1) is 11.3 Å². The number of fused-ring (bicyclic) bond motifs is 4. The van der Waals surface area contributed by atoms with Crippen LogP contribution < -0.4 is 0 Å². The van der Waals surface area contributed by atoms with Crippen LogP contribution in [0.25, 0.3) is 5.57 Å². The highest BCUT2D eigenvalue weighted by Gasteiger charge is 2.19. The standard InChI is InChI=1S/C23H13N5S/c1-2-15-8-17-5-6-19(27-17)11-22-21(23-12-24-13-29-23)10-20(28-22)9-18-4-3-16(26-18)7-14(1)25-15/h1-13H. The van der Waals surface area contributed by atoms with E-state index in [0.717, 1.165) is 56.1 Å². The number of hydrogen-bond acceptors (Lipinski definition) is 6. The smallest absolute Gasteiger partial charge is 0.0797 e. The van der Waals surface area contributed by atoms with E-state index in [1.54, 1.807) is 11.3 Å². The van der Waals surface area contributed by atoms with Crippen molar-refractivity contribution in [3.8, 4) is 0 Å². The van der Waals surface area contributed by atoms with E-state index in [4.69, 9.17) is 9.98 Å². The van der Waals surface area contributed by atoms with Crippen LogP contribution in [0.15, 0.2) is 121 Å². The van der Waals surface area contributed by atoms with Gasteiger partial charge in [-0.2, -0.15) is 0 Å². The Morgan fingerprint density at radius 1 is 0.552 bits per heavy atom. The zero-order valence-electron chi connectivity index (χ0n) is 15.1. The molecule has 6 heterocycles. The monoisotopic (exact) mass is 391 g/mol. The van der Waals surface area contributed by atoms with Crippen molar-refractivity contribution in [2.24, 2.45) is 20.0 Å². The summed E-state index contributed by atoms with van der Waals surface area (Å²) in [6.45, 7) is 0. The molecule has 0 N–H and O–H groups in total. The molecule has 0 saturated heterocycles. The van der Waals surface area contributed by atoms with E-state index in [1.807, 2.05) is 72.5 Å². The van der Waals surface area contributed by atoms with Crippen LogP contribution in [-0.2, 0) is 0 Å². The summed E-state index contributed by atoms with van der Waals surface area (Å²) in [4.78, 5) is 24.1. The zero-order chi connectivity index (χ0) is 19.2. The Hall–Kier alpha value is -3.77. The average Bonchev–Trinajstić information content (AvgIpc) is 3.50. The fourth-order valence-electron chi connectivity index (χ4n) is 3.44. The third kappa shape index (κ3) is 3.09. The molecule has 0 spiro atoms. The molecule has 1 aromatic rings. The third-order valence-corrected chi connectivity index (χ3v) is 5.54. The fourth-order valence-corrected chi connectivity index (χ4v) is 4.09. The Morgan fingerprint density at radius 2 is 1.14 bits per heavy atom. The molecule has 5 aliphatic rings. The van der Waals surface area contributed by atoms with Crippen molar-refractivity contribution in [1.82, 2.24) is 4.98 Å². The molecule has 0 unspecified atom stereocenters. The summed E-state index contributed by atoms with van der Waals surface area (Å²) < 4.78 is 0. The average molecular weight is 391 g/mol. The summed E-state index contributed by atoms with van der Waals surface area (Å²) >= 11 is 1.60. The molecule has 0 saturated carbocycles. The van der Waals surface area contributed by atoms with Gasteiger partial charge >= 0.3 is 0 Å². The van der Waals surface area contributed by atoms with E-state index in [-0.39, 0.29) is 0 Å². The highest BCUT2D eigenvalue weighted by molar-refractivity contribution is 7.11. The molecule has 6 heteroatoms. The van der Waals surface area contributed by atoms with E-state index in [0.29, 0.717) is 0 Å². The van der Waals surface area contributed by atoms with Crippen LogP contribution in [0, 0.1) is 0 Å². The van der Waals surface area contributed by atoms with Crippen molar-refractivity contribution in [3.63, 3.8) is 0 Å². The highest BCUT2D eigenvalue weighted by atomic mass is 32.1. The van der Waals surface area contributed by atoms with Gasteiger partial charge in [0.15, 0.2) is 0 Å². The van der Waals surface area contributed by atoms with Crippen LogP contribution >= 0.6 is 11.3 Å². The van der Waals surface area contributed by atoms with E-state index in [1.165, 1.54) is 0 Å². The van der Waals surface area contributed by atoms with Crippen LogP contribution in [0.2, 0.25) is 0 Å². The molecule has 0 amide bonds. The maximum absolute atomic E-state index is 4.83. The second-order valence-electron chi connectivity index (χ2n) is 6.81. The Kier molecular flexibility index (Phi) is 3.57. The molecule has 136 valence electrons. The first-order valence-corrected chi connectivity index (χ1v) is 10.0. The number of aromatic nitrogens is 1. The van der Waals surface area contributed by atoms with E-state index < -0.39 is 0 Å². The molecule has 0 radical (unpaired) electrons. The minimum absolute atomic E-state index is 0.864. The summed E-state index contributed by atoms with van der Waals surface area (Å²) in [7, 11) is 0. The first-order chi connectivity index (χ1) is 14.3. The summed E-state index contributed by atoms with van der Waals surface area (Å²) in [5, 5.41) is 0. The molecule has 1 aromatic heterocycles. The largest absolute Gasteiger partial charge is 0.252 e. The SMILES string of the molecule is C1=CC2=NC1=CC1=NC(=CC3=NC(=CC4=NC(=C2)C=C4)C=C3c2cncs2)C=C1. The van der Waals surface area contributed by atoms with Crippen LogP contribution in [0.1, 0.15) is 4.88 Å². The summed E-state index contributed by atoms with van der Waals surface area (Å²) in [5.74, 6) is 0. The van der Waals surface area contributed by atoms with Gasteiger partial charge in [0, 0.05) is 11.8 Å². The van der Waals surface area contributed by atoms with Gasteiger partial charge in [0.25, 0.3) is 0 Å². The molecule has 5 nitrogen and oxygen atoms in total. The van der Waals surface area contributed by atoms with Gasteiger partial charge in [0.05, 0.1) is 56.0 Å². The number of rotatable bonds is 1. The second-order valence-corrected chi connectivity index (χ2v) is 7.69. The van der Waals surface area contributed by atoms with Crippen molar-refractivity contribution < 1.29 is 0 Å². The van der Waals surface area contributed by atoms with Crippen molar-refractivity contribution in [2.45, 2.75) is 0 Å². The molecule has 0 atom stereocenters. The number of aliphatic imine (C=N–C) groups is 4. The minimum Gasteiger partial charge on any atom is -0.252 e. The maximum Gasteiger partial charge on any atom is 0.0797 e. The Morgan fingerprint density at radius 3 is 1.72 bits per heavy atom. The quantitative estimate of drug-likeness (QED) is 0.692. The van der Waals surface area contributed by atoms with Crippen LogP contribution in [0.3, 0.4) is 0 Å². The highest BCUT2D eigenvalue weighted by Crippen LogP contribution is 2.30. The van der Waals surface area contributed by atoms with Gasteiger partial charge < -0.3 is 0 Å². The molecule has 0 aliphatic carbocycles. The molecular formula is C23H13N5S. The van der Waals surface area contributed by atoms with Crippen molar-refractivity contribution >= 4 is 39.8 Å². The lowest BCUT2D eigenvalue weighted by Gasteiger charge is -1.99. The summed E-state index contributed by atoms with van der Waals surface area (Å²) in [6, 6.07) is 0. The van der Waals surface area contributed by atoms with Crippen molar-refractivity contribution in [2.75, 3.05) is 0 Å². The normalized spacial score (nSPS) is 21.2. The van der Waals surface area contributed by atoms with Crippen LogP contribution in [0.5, 0.6) is 0 Å². The topological polar surface area (TPSA) is 62.3 Å². The summed E-state index contributed by atoms with van der Waals surface area (Å²) in [6.07, 6.45) is 23.9. The predicted octanol–water partition coefficient (Wildman–Crippen LogP) is 4.56. The number of hydrogen-bond donors (Lipinski definition) is 0. The molecule has 0 aromatic carbocycles. The van der Waals surface area contributed by atoms with Crippen LogP contribution in [0.4, 0.5) is 0 Å².